The molecule has 1 aromatic heterocycles. The number of rotatable bonds is 6. The third-order valence-electron chi connectivity index (χ3n) is 3.93. The second kappa shape index (κ2) is 9.26. The molecule has 0 fully saturated rings. The third-order valence-corrected chi connectivity index (χ3v) is 3.93. The molecule has 0 atom stereocenters. The quantitative estimate of drug-likeness (QED) is 0.402. The van der Waals surface area contributed by atoms with Crippen LogP contribution in [0.25, 0.3) is 0 Å². The molecular formula is C19H15FN6O5. The molecule has 0 unspecified atom stereocenters. The van der Waals surface area contributed by atoms with Crippen molar-refractivity contribution in [2.75, 3.05) is 12.4 Å². The van der Waals surface area contributed by atoms with Gasteiger partial charge in [-0.15, -0.1) is 0 Å². The number of hydrogen-bond donors (Lipinski definition) is 3. The number of halogens is 1. The zero-order valence-corrected chi connectivity index (χ0v) is 16.0. The smallest absolute Gasteiger partial charge is 0.307 e. The molecule has 3 rings (SSSR count). The number of nitrogens with zero attached hydrogens (tertiary/aromatic N) is 3. The minimum Gasteiger partial charge on any atom is -0.494 e. The average molecular weight is 426 g/mol. The molecule has 0 aliphatic rings. The summed E-state index contributed by atoms with van der Waals surface area (Å²) in [6.07, 6.45) is 1.26. The maximum absolute atomic E-state index is 13.8. The number of ether oxygens (including phenoxy) is 1. The number of anilines is 2. The van der Waals surface area contributed by atoms with Crippen LogP contribution in [0, 0.1) is 15.9 Å². The SMILES string of the molecule is COc1cc(F)c([N+](=O)[O-])cc1Nc1nccc(C(=O)NNC(=O)c2ccccc2)n1. The largest absolute Gasteiger partial charge is 0.494 e. The standard InChI is InChI=1S/C19H15FN6O5/c1-31-16-9-12(20)15(26(29)30)10-14(16)23-19-21-8-7-13(22-19)18(28)25-24-17(27)11-5-3-2-4-6-11/h2-10H,1H3,(H,24,27)(H,25,28)(H,21,22,23). The lowest BCUT2D eigenvalue weighted by Gasteiger charge is -2.11. The van der Waals surface area contributed by atoms with Crippen LogP contribution in [-0.2, 0) is 0 Å². The normalized spacial score (nSPS) is 10.1. The molecule has 0 aliphatic heterocycles. The fourth-order valence-electron chi connectivity index (χ4n) is 2.46. The number of aromatic nitrogens is 2. The maximum atomic E-state index is 13.8. The van der Waals surface area contributed by atoms with Gasteiger partial charge in [-0.1, -0.05) is 18.2 Å². The Hall–Kier alpha value is -4.61. The highest BCUT2D eigenvalue weighted by Crippen LogP contribution is 2.33. The minimum absolute atomic E-state index is 0.0190. The molecule has 2 amide bonds. The van der Waals surface area contributed by atoms with Gasteiger partial charge in [0.15, 0.2) is 0 Å². The monoisotopic (exact) mass is 426 g/mol. The number of carbonyl (C=O) groups excluding carboxylic acids is 2. The highest BCUT2D eigenvalue weighted by Gasteiger charge is 2.20. The van der Waals surface area contributed by atoms with Crippen LogP contribution >= 0.6 is 0 Å². The Kier molecular flexibility index (Phi) is 6.30. The first-order chi connectivity index (χ1) is 14.9. The summed E-state index contributed by atoms with van der Waals surface area (Å²) in [5, 5.41) is 13.6. The van der Waals surface area contributed by atoms with Crippen LogP contribution in [0.2, 0.25) is 0 Å². The van der Waals surface area contributed by atoms with Crippen LogP contribution in [0.15, 0.2) is 54.7 Å². The summed E-state index contributed by atoms with van der Waals surface area (Å²) in [4.78, 5) is 42.3. The number of carbonyl (C=O) groups is 2. The third kappa shape index (κ3) is 5.06. The second-order valence-electron chi connectivity index (χ2n) is 5.93. The van der Waals surface area contributed by atoms with Gasteiger partial charge in [0.05, 0.1) is 17.7 Å². The number of nitro groups is 1. The number of methoxy groups -OCH3 is 1. The first-order valence-electron chi connectivity index (χ1n) is 8.66. The molecule has 0 aliphatic carbocycles. The molecule has 11 nitrogen and oxygen atoms in total. The second-order valence-corrected chi connectivity index (χ2v) is 5.93. The number of nitrogens with one attached hydrogen (secondary N) is 3. The van der Waals surface area contributed by atoms with Gasteiger partial charge in [-0.25, -0.2) is 9.97 Å². The molecule has 0 spiro atoms. The summed E-state index contributed by atoms with van der Waals surface area (Å²) >= 11 is 0. The first-order valence-corrected chi connectivity index (χ1v) is 8.66. The number of hydrogen-bond acceptors (Lipinski definition) is 8. The van der Waals surface area contributed by atoms with Crippen molar-refractivity contribution in [2.45, 2.75) is 0 Å². The Balaban J connectivity index is 1.74. The molecule has 158 valence electrons. The van der Waals surface area contributed by atoms with E-state index >= 15 is 0 Å². The van der Waals surface area contributed by atoms with E-state index < -0.39 is 28.2 Å². The number of benzene rings is 2. The molecular weight excluding hydrogens is 411 g/mol. The van der Waals surface area contributed by atoms with Crippen LogP contribution in [-0.4, -0.2) is 33.8 Å². The summed E-state index contributed by atoms with van der Waals surface area (Å²) in [7, 11) is 1.26. The Morgan fingerprint density at radius 2 is 1.81 bits per heavy atom. The van der Waals surface area contributed by atoms with E-state index in [0.717, 1.165) is 12.1 Å². The summed E-state index contributed by atoms with van der Waals surface area (Å²) in [6.45, 7) is 0. The number of nitro benzene ring substituents is 1. The van der Waals surface area contributed by atoms with Gasteiger partial charge in [-0.2, -0.15) is 4.39 Å². The van der Waals surface area contributed by atoms with E-state index in [0.29, 0.717) is 5.56 Å². The maximum Gasteiger partial charge on any atom is 0.307 e. The molecule has 12 heteroatoms. The molecule has 2 aromatic carbocycles. The lowest BCUT2D eigenvalue weighted by atomic mass is 10.2. The van der Waals surface area contributed by atoms with E-state index in [4.69, 9.17) is 4.74 Å². The van der Waals surface area contributed by atoms with Crippen molar-refractivity contribution >= 4 is 29.1 Å². The molecule has 0 saturated carbocycles. The van der Waals surface area contributed by atoms with Crippen molar-refractivity contribution in [3.05, 3.63) is 81.9 Å². The predicted octanol–water partition coefficient (Wildman–Crippen LogP) is 2.35. The van der Waals surface area contributed by atoms with Crippen LogP contribution in [0.4, 0.5) is 21.7 Å². The Labute approximate surface area is 174 Å². The fourth-order valence-corrected chi connectivity index (χ4v) is 2.46. The highest BCUT2D eigenvalue weighted by atomic mass is 19.1. The van der Waals surface area contributed by atoms with Crippen LogP contribution in [0.3, 0.4) is 0 Å². The summed E-state index contributed by atoms with van der Waals surface area (Å²) in [5.74, 6) is -2.47. The Bertz CT molecular complexity index is 1140. The number of amides is 2. The minimum atomic E-state index is -1.07. The van der Waals surface area contributed by atoms with Gasteiger partial charge < -0.3 is 10.1 Å². The first kappa shape index (κ1) is 21.1. The van der Waals surface area contributed by atoms with E-state index in [-0.39, 0.29) is 23.1 Å². The van der Waals surface area contributed by atoms with Crippen LogP contribution in [0.5, 0.6) is 5.75 Å². The summed E-state index contributed by atoms with van der Waals surface area (Å²) < 4.78 is 18.8. The lowest BCUT2D eigenvalue weighted by Crippen LogP contribution is -2.42. The summed E-state index contributed by atoms with van der Waals surface area (Å²) in [6, 6.07) is 11.3. The van der Waals surface area contributed by atoms with Gasteiger partial charge in [-0.3, -0.25) is 30.6 Å². The topological polar surface area (TPSA) is 148 Å². The molecule has 0 radical (unpaired) electrons. The molecule has 31 heavy (non-hydrogen) atoms. The summed E-state index contributed by atoms with van der Waals surface area (Å²) in [5.41, 5.74) is 3.95. The van der Waals surface area contributed by atoms with Crippen LogP contribution < -0.4 is 20.9 Å². The molecule has 0 bridgehead atoms. The Morgan fingerprint density at radius 3 is 2.48 bits per heavy atom. The van der Waals surface area contributed by atoms with Crippen molar-refractivity contribution in [3.63, 3.8) is 0 Å². The Morgan fingerprint density at radius 1 is 1.10 bits per heavy atom. The van der Waals surface area contributed by atoms with Gasteiger partial charge in [0, 0.05) is 23.9 Å². The van der Waals surface area contributed by atoms with Crippen molar-refractivity contribution in [1.29, 1.82) is 0 Å². The average Bonchev–Trinajstić information content (AvgIpc) is 2.78. The lowest BCUT2D eigenvalue weighted by molar-refractivity contribution is -0.387. The van der Waals surface area contributed by atoms with Gasteiger partial charge in [0.2, 0.25) is 11.8 Å². The van der Waals surface area contributed by atoms with Crippen LogP contribution in [0.1, 0.15) is 20.8 Å². The van der Waals surface area contributed by atoms with Crippen molar-refractivity contribution < 1.29 is 23.6 Å². The van der Waals surface area contributed by atoms with E-state index in [9.17, 15) is 24.1 Å². The van der Waals surface area contributed by atoms with Gasteiger partial charge in [0.25, 0.3) is 11.8 Å². The van der Waals surface area contributed by atoms with E-state index in [1.54, 1.807) is 30.3 Å². The van der Waals surface area contributed by atoms with Crippen molar-refractivity contribution in [1.82, 2.24) is 20.8 Å². The van der Waals surface area contributed by atoms with Gasteiger partial charge in [0.1, 0.15) is 11.4 Å². The zero-order chi connectivity index (χ0) is 22.4. The highest BCUT2D eigenvalue weighted by molar-refractivity contribution is 5.98. The van der Waals surface area contributed by atoms with Crippen molar-refractivity contribution in [3.8, 4) is 5.75 Å². The number of hydrazine groups is 1. The van der Waals surface area contributed by atoms with Crippen molar-refractivity contribution in [2.24, 2.45) is 0 Å². The van der Waals surface area contributed by atoms with Gasteiger partial charge in [-0.05, 0) is 18.2 Å². The van der Waals surface area contributed by atoms with E-state index in [1.807, 2.05) is 0 Å². The van der Waals surface area contributed by atoms with E-state index in [1.165, 1.54) is 19.4 Å². The zero-order valence-electron chi connectivity index (χ0n) is 16.0. The predicted molar refractivity (Wildman–Crippen MR) is 106 cm³/mol. The molecule has 3 N–H and O–H groups in total. The molecule has 0 saturated heterocycles. The van der Waals surface area contributed by atoms with Gasteiger partial charge >= 0.3 is 5.69 Å². The fraction of sp³-hybridized carbons (Fsp3) is 0.0526. The van der Waals surface area contributed by atoms with E-state index in [2.05, 4.69) is 26.1 Å². The molecule has 3 aromatic rings. The molecule has 1 heterocycles.